The predicted molar refractivity (Wildman–Crippen MR) is 74.9 cm³/mol. The molecule has 2 heterocycles. The molecule has 1 aromatic carbocycles. The second-order valence-electron chi connectivity index (χ2n) is 5.32. The number of rotatable bonds is 1. The Kier molecular flexibility index (Phi) is 2.40. The third kappa shape index (κ3) is 1.79. The molecule has 1 aliphatic rings. The molecular weight excluding hydrogens is 262 g/mol. The van der Waals surface area contributed by atoms with Gasteiger partial charge >= 0.3 is 0 Å². The Morgan fingerprint density at radius 3 is 2.74 bits per heavy atom. The summed E-state index contributed by atoms with van der Waals surface area (Å²) >= 11 is 1.31. The zero-order valence-corrected chi connectivity index (χ0v) is 11.5. The molecule has 0 aliphatic carbocycles. The van der Waals surface area contributed by atoms with Crippen molar-refractivity contribution in [3.05, 3.63) is 18.2 Å². The first kappa shape index (κ1) is 12.1. The number of nitrogens with two attached hydrogens (primary N) is 1. The van der Waals surface area contributed by atoms with Crippen molar-refractivity contribution >= 4 is 44.2 Å². The lowest BCUT2D eigenvalue weighted by Crippen LogP contribution is -2.32. The minimum atomic E-state index is -0.645. The fourth-order valence-corrected chi connectivity index (χ4v) is 3.20. The van der Waals surface area contributed by atoms with Gasteiger partial charge in [-0.3, -0.25) is 9.59 Å². The van der Waals surface area contributed by atoms with Gasteiger partial charge in [-0.2, -0.15) is 0 Å². The number of hydrogen-bond donors (Lipinski definition) is 1. The van der Waals surface area contributed by atoms with Crippen molar-refractivity contribution in [2.75, 3.05) is 10.6 Å². The van der Waals surface area contributed by atoms with Crippen LogP contribution in [0.5, 0.6) is 0 Å². The van der Waals surface area contributed by atoms with Crippen molar-refractivity contribution in [2.45, 2.75) is 20.3 Å². The number of fused-ring (bicyclic) bond motifs is 1. The van der Waals surface area contributed by atoms with Crippen LogP contribution in [0.15, 0.2) is 18.2 Å². The fraction of sp³-hybridized carbons (Fsp3) is 0.308. The first-order valence-electron chi connectivity index (χ1n) is 5.92. The predicted octanol–water partition coefficient (Wildman–Crippen LogP) is 2.17. The molecule has 19 heavy (non-hydrogen) atoms. The van der Waals surface area contributed by atoms with E-state index in [2.05, 4.69) is 4.98 Å². The summed E-state index contributed by atoms with van der Waals surface area (Å²) < 4.78 is 0.875. The second-order valence-corrected chi connectivity index (χ2v) is 6.33. The number of aromatic nitrogens is 1. The van der Waals surface area contributed by atoms with Gasteiger partial charge in [0.05, 0.1) is 15.6 Å². The zero-order valence-electron chi connectivity index (χ0n) is 10.6. The Morgan fingerprint density at radius 1 is 1.37 bits per heavy atom. The molecule has 2 aromatic rings. The van der Waals surface area contributed by atoms with Crippen molar-refractivity contribution in [1.82, 2.24) is 4.98 Å². The van der Waals surface area contributed by atoms with Crippen LogP contribution in [0.4, 0.5) is 10.8 Å². The highest BCUT2D eigenvalue weighted by Crippen LogP contribution is 2.38. The molecule has 0 saturated carbocycles. The minimum Gasteiger partial charge on any atom is -0.399 e. The van der Waals surface area contributed by atoms with Crippen molar-refractivity contribution in [3.8, 4) is 0 Å². The molecule has 6 heteroatoms. The van der Waals surface area contributed by atoms with Crippen molar-refractivity contribution < 1.29 is 9.59 Å². The summed E-state index contributed by atoms with van der Waals surface area (Å²) in [6, 6.07) is 5.34. The third-order valence-electron chi connectivity index (χ3n) is 3.22. The molecule has 5 nitrogen and oxygen atoms in total. The summed E-state index contributed by atoms with van der Waals surface area (Å²) in [6.07, 6.45) is 0.226. The van der Waals surface area contributed by atoms with E-state index in [4.69, 9.17) is 5.73 Å². The van der Waals surface area contributed by atoms with Crippen LogP contribution in [0.1, 0.15) is 20.3 Å². The molecule has 1 aromatic heterocycles. The molecule has 1 saturated heterocycles. The number of amides is 2. The van der Waals surface area contributed by atoms with Gasteiger partial charge in [-0.05, 0) is 18.2 Å². The Balaban J connectivity index is 2.10. The van der Waals surface area contributed by atoms with Crippen molar-refractivity contribution in [1.29, 1.82) is 0 Å². The van der Waals surface area contributed by atoms with Gasteiger partial charge in [0.15, 0.2) is 5.13 Å². The first-order valence-corrected chi connectivity index (χ1v) is 6.73. The van der Waals surface area contributed by atoms with Gasteiger partial charge in [0, 0.05) is 12.1 Å². The molecule has 98 valence electrons. The number of imide groups is 1. The summed E-state index contributed by atoms with van der Waals surface area (Å²) in [5.74, 6) is -0.383. The van der Waals surface area contributed by atoms with Gasteiger partial charge in [0.1, 0.15) is 0 Å². The maximum atomic E-state index is 12.2. The molecule has 2 N–H and O–H groups in total. The SMILES string of the molecule is CC1(C)CC(=O)N(c2nc3ccc(N)cc3s2)C1=O. The Labute approximate surface area is 114 Å². The van der Waals surface area contributed by atoms with Gasteiger partial charge in [-0.1, -0.05) is 25.2 Å². The minimum absolute atomic E-state index is 0.190. The lowest BCUT2D eigenvalue weighted by atomic mass is 9.92. The molecular formula is C13H13N3O2S. The van der Waals surface area contributed by atoms with Gasteiger partial charge in [-0.15, -0.1) is 0 Å². The summed E-state index contributed by atoms with van der Waals surface area (Å²) in [4.78, 5) is 29.8. The Hall–Kier alpha value is -1.95. The summed E-state index contributed by atoms with van der Waals surface area (Å²) in [6.45, 7) is 3.55. The van der Waals surface area contributed by atoms with E-state index in [1.807, 2.05) is 0 Å². The van der Waals surface area contributed by atoms with Crippen molar-refractivity contribution in [3.63, 3.8) is 0 Å². The van der Waals surface area contributed by atoms with Crippen LogP contribution in [0.25, 0.3) is 10.2 Å². The van der Waals surface area contributed by atoms with Crippen LogP contribution in [0.2, 0.25) is 0 Å². The summed E-state index contributed by atoms with van der Waals surface area (Å²) in [5.41, 5.74) is 6.46. The number of nitrogens with zero attached hydrogens (tertiary/aromatic N) is 2. The fourth-order valence-electron chi connectivity index (χ4n) is 2.17. The maximum Gasteiger partial charge on any atom is 0.241 e. The lowest BCUT2D eigenvalue weighted by Gasteiger charge is -2.14. The number of carbonyl (C=O) groups excluding carboxylic acids is 2. The van der Waals surface area contributed by atoms with Gasteiger partial charge in [0.25, 0.3) is 0 Å². The quantitative estimate of drug-likeness (QED) is 0.639. The van der Waals surface area contributed by atoms with E-state index in [1.165, 1.54) is 16.2 Å². The lowest BCUT2D eigenvalue weighted by molar-refractivity contribution is -0.124. The van der Waals surface area contributed by atoms with Crippen LogP contribution in [-0.4, -0.2) is 16.8 Å². The molecule has 0 unspecified atom stereocenters. The summed E-state index contributed by atoms with van der Waals surface area (Å²) in [7, 11) is 0. The normalized spacial score (nSPS) is 18.5. The monoisotopic (exact) mass is 275 g/mol. The van der Waals surface area contributed by atoms with Crippen LogP contribution < -0.4 is 10.6 Å². The van der Waals surface area contributed by atoms with E-state index in [1.54, 1.807) is 32.0 Å². The van der Waals surface area contributed by atoms with E-state index >= 15 is 0 Å². The highest BCUT2D eigenvalue weighted by molar-refractivity contribution is 7.22. The molecule has 0 spiro atoms. The Morgan fingerprint density at radius 2 is 2.11 bits per heavy atom. The van der Waals surface area contributed by atoms with Crippen LogP contribution in [0, 0.1) is 5.41 Å². The summed E-state index contributed by atoms with van der Waals surface area (Å²) in [5, 5.41) is 0.432. The molecule has 3 rings (SSSR count). The largest absolute Gasteiger partial charge is 0.399 e. The topological polar surface area (TPSA) is 76.3 Å². The average Bonchev–Trinajstić information content (AvgIpc) is 2.78. The smallest absolute Gasteiger partial charge is 0.241 e. The molecule has 0 radical (unpaired) electrons. The number of anilines is 2. The number of hydrogen-bond acceptors (Lipinski definition) is 5. The first-order chi connectivity index (χ1) is 8.88. The number of benzene rings is 1. The molecule has 0 bridgehead atoms. The van der Waals surface area contributed by atoms with E-state index in [0.717, 1.165) is 10.2 Å². The number of nitrogen functional groups attached to an aromatic ring is 1. The zero-order chi connectivity index (χ0) is 13.8. The van der Waals surface area contributed by atoms with Gasteiger partial charge in [0.2, 0.25) is 11.8 Å². The third-order valence-corrected chi connectivity index (χ3v) is 4.22. The van der Waals surface area contributed by atoms with Crippen LogP contribution in [-0.2, 0) is 9.59 Å². The number of thiazole rings is 1. The maximum absolute atomic E-state index is 12.2. The average molecular weight is 275 g/mol. The Bertz CT molecular complexity index is 705. The van der Waals surface area contributed by atoms with Crippen molar-refractivity contribution in [2.24, 2.45) is 5.41 Å². The van der Waals surface area contributed by atoms with E-state index in [0.29, 0.717) is 10.8 Å². The molecule has 0 atom stereocenters. The molecule has 1 fully saturated rings. The van der Waals surface area contributed by atoms with Gasteiger partial charge in [-0.25, -0.2) is 9.88 Å². The highest BCUT2D eigenvalue weighted by atomic mass is 32.1. The van der Waals surface area contributed by atoms with Crippen LogP contribution in [0.3, 0.4) is 0 Å². The van der Waals surface area contributed by atoms with E-state index < -0.39 is 5.41 Å². The highest BCUT2D eigenvalue weighted by Gasteiger charge is 2.46. The van der Waals surface area contributed by atoms with Gasteiger partial charge < -0.3 is 5.73 Å². The second kappa shape index (κ2) is 3.77. The molecule has 2 amide bonds. The number of carbonyl (C=O) groups is 2. The van der Waals surface area contributed by atoms with Crippen LogP contribution >= 0.6 is 11.3 Å². The van der Waals surface area contributed by atoms with E-state index in [9.17, 15) is 9.59 Å². The van der Waals surface area contributed by atoms with E-state index in [-0.39, 0.29) is 18.2 Å². The molecule has 1 aliphatic heterocycles. The standard InChI is InChI=1S/C13H13N3O2S/c1-13(2)6-10(17)16(11(13)18)12-15-8-4-3-7(14)5-9(8)19-12/h3-5H,6,14H2,1-2H3.